The molecule has 3 nitrogen and oxygen atoms in total. The van der Waals surface area contributed by atoms with Crippen LogP contribution in [-0.2, 0) is 0 Å². The molecule has 0 unspecified atom stereocenters. The van der Waals surface area contributed by atoms with Crippen LogP contribution in [0.25, 0.3) is 11.1 Å². The molecule has 0 spiro atoms. The van der Waals surface area contributed by atoms with Gasteiger partial charge in [0.15, 0.2) is 0 Å². The van der Waals surface area contributed by atoms with Crippen molar-refractivity contribution in [2.45, 2.75) is 4.83 Å². The zero-order valence-electron chi connectivity index (χ0n) is 8.76. The summed E-state index contributed by atoms with van der Waals surface area (Å²) in [5, 5.41) is 10.8. The van der Waals surface area contributed by atoms with E-state index < -0.39 is 0 Å². The van der Waals surface area contributed by atoms with Gasteiger partial charge in [-0.3, -0.25) is 10.1 Å². The number of rotatable bonds is 1. The van der Waals surface area contributed by atoms with E-state index in [1.807, 2.05) is 30.3 Å². The summed E-state index contributed by atoms with van der Waals surface area (Å²) in [6.45, 7) is 0. The van der Waals surface area contributed by atoms with Gasteiger partial charge in [0.1, 0.15) is 0 Å². The van der Waals surface area contributed by atoms with Gasteiger partial charge in [-0.25, -0.2) is 0 Å². The zero-order valence-corrected chi connectivity index (χ0v) is 10.3. The lowest BCUT2D eigenvalue weighted by atomic mass is 10.1. The third-order valence-electron chi connectivity index (χ3n) is 3.04. The molecule has 0 amide bonds. The molecule has 0 fully saturated rings. The maximum Gasteiger partial charge on any atom is 0.270 e. The largest absolute Gasteiger partial charge is 0.270 e. The molecule has 2 aromatic rings. The number of alkyl halides is 1. The Morgan fingerprint density at radius 3 is 2.53 bits per heavy atom. The first-order valence-electron chi connectivity index (χ1n) is 5.20. The highest BCUT2D eigenvalue weighted by molar-refractivity contribution is 9.09. The molecule has 0 saturated heterocycles. The van der Waals surface area contributed by atoms with E-state index in [1.165, 1.54) is 5.56 Å². The van der Waals surface area contributed by atoms with Crippen LogP contribution < -0.4 is 0 Å². The van der Waals surface area contributed by atoms with Gasteiger partial charge in [-0.1, -0.05) is 46.3 Å². The maximum atomic E-state index is 10.8. The summed E-state index contributed by atoms with van der Waals surface area (Å²) < 4.78 is 0. The molecule has 0 heterocycles. The predicted octanol–water partition coefficient (Wildman–Crippen LogP) is 4.06. The molecule has 0 aromatic heterocycles. The van der Waals surface area contributed by atoms with E-state index in [-0.39, 0.29) is 15.4 Å². The second-order valence-electron chi connectivity index (χ2n) is 3.98. The zero-order chi connectivity index (χ0) is 12.0. The Hall–Kier alpha value is -1.68. The molecular weight excluding hydrogens is 282 g/mol. The van der Waals surface area contributed by atoms with Crippen molar-refractivity contribution in [1.82, 2.24) is 0 Å². The van der Waals surface area contributed by atoms with E-state index in [2.05, 4.69) is 15.9 Å². The van der Waals surface area contributed by atoms with E-state index in [4.69, 9.17) is 0 Å². The summed E-state index contributed by atoms with van der Waals surface area (Å²) in [5.74, 6) is 0. The molecule has 0 radical (unpaired) electrons. The predicted molar refractivity (Wildman–Crippen MR) is 69.3 cm³/mol. The van der Waals surface area contributed by atoms with Gasteiger partial charge in [-0.15, -0.1) is 0 Å². The van der Waals surface area contributed by atoms with E-state index in [1.54, 1.807) is 12.1 Å². The molecule has 4 heteroatoms. The number of halogens is 1. The minimum Gasteiger partial charge on any atom is -0.258 e. The fourth-order valence-electron chi connectivity index (χ4n) is 2.24. The number of nitro groups is 1. The Balaban J connectivity index is 2.27. The molecule has 17 heavy (non-hydrogen) atoms. The Kier molecular flexibility index (Phi) is 2.26. The molecule has 84 valence electrons. The lowest BCUT2D eigenvalue weighted by molar-refractivity contribution is -0.384. The van der Waals surface area contributed by atoms with Crippen molar-refractivity contribution in [3.05, 3.63) is 63.7 Å². The Morgan fingerprint density at radius 1 is 1.06 bits per heavy atom. The topological polar surface area (TPSA) is 43.1 Å². The average molecular weight is 290 g/mol. The Bertz CT molecular complexity index is 625. The first-order valence-corrected chi connectivity index (χ1v) is 6.12. The number of nitro benzene ring substituents is 1. The second-order valence-corrected chi connectivity index (χ2v) is 4.89. The number of non-ortho nitro benzene ring substituents is 1. The van der Waals surface area contributed by atoms with Crippen LogP contribution >= 0.6 is 15.9 Å². The van der Waals surface area contributed by atoms with Crippen molar-refractivity contribution in [2.75, 3.05) is 0 Å². The van der Waals surface area contributed by atoms with Gasteiger partial charge >= 0.3 is 0 Å². The number of benzene rings is 2. The fraction of sp³-hybridized carbons (Fsp3) is 0.0769. The summed E-state index contributed by atoms with van der Waals surface area (Å²) in [7, 11) is 0. The van der Waals surface area contributed by atoms with Crippen molar-refractivity contribution >= 4 is 21.6 Å². The number of fused-ring (bicyclic) bond motifs is 3. The van der Waals surface area contributed by atoms with E-state index in [9.17, 15) is 10.1 Å². The minimum absolute atomic E-state index is 0.134. The van der Waals surface area contributed by atoms with Gasteiger partial charge in [0.25, 0.3) is 5.69 Å². The monoisotopic (exact) mass is 289 g/mol. The van der Waals surface area contributed by atoms with Crippen LogP contribution in [0.2, 0.25) is 0 Å². The summed E-state index contributed by atoms with van der Waals surface area (Å²) in [6, 6.07) is 13.0. The van der Waals surface area contributed by atoms with Gasteiger partial charge in [0.05, 0.1) is 9.75 Å². The van der Waals surface area contributed by atoms with Crippen molar-refractivity contribution < 1.29 is 4.92 Å². The van der Waals surface area contributed by atoms with Gasteiger partial charge < -0.3 is 0 Å². The highest BCUT2D eigenvalue weighted by Crippen LogP contribution is 2.48. The van der Waals surface area contributed by atoms with Crippen LogP contribution in [-0.4, -0.2) is 4.92 Å². The molecule has 1 aliphatic rings. The molecule has 1 aliphatic carbocycles. The first-order chi connectivity index (χ1) is 8.18. The van der Waals surface area contributed by atoms with Crippen LogP contribution in [0.4, 0.5) is 5.69 Å². The first kappa shape index (κ1) is 10.5. The smallest absolute Gasteiger partial charge is 0.258 e. The molecule has 0 bridgehead atoms. The highest BCUT2D eigenvalue weighted by Gasteiger charge is 2.27. The quantitative estimate of drug-likeness (QED) is 0.451. The van der Waals surface area contributed by atoms with Gasteiger partial charge in [0.2, 0.25) is 0 Å². The lowest BCUT2D eigenvalue weighted by Crippen LogP contribution is -1.89. The maximum absolute atomic E-state index is 10.8. The molecule has 0 aliphatic heterocycles. The third-order valence-corrected chi connectivity index (χ3v) is 4.03. The second kappa shape index (κ2) is 3.67. The lowest BCUT2D eigenvalue weighted by Gasteiger charge is -2.02. The van der Waals surface area contributed by atoms with Crippen molar-refractivity contribution in [2.24, 2.45) is 0 Å². The van der Waals surface area contributed by atoms with E-state index in [0.717, 1.165) is 16.7 Å². The van der Waals surface area contributed by atoms with Crippen LogP contribution in [0.1, 0.15) is 16.0 Å². The average Bonchev–Trinajstić information content (AvgIpc) is 2.64. The summed E-state index contributed by atoms with van der Waals surface area (Å²) in [6.07, 6.45) is 0. The molecule has 1 atom stereocenters. The van der Waals surface area contributed by atoms with E-state index >= 15 is 0 Å². The van der Waals surface area contributed by atoms with Gasteiger partial charge in [-0.05, 0) is 22.3 Å². The molecule has 0 saturated carbocycles. The number of nitrogens with zero attached hydrogens (tertiary/aromatic N) is 1. The van der Waals surface area contributed by atoms with Crippen LogP contribution in [0.5, 0.6) is 0 Å². The fourth-order valence-corrected chi connectivity index (χ4v) is 3.04. The van der Waals surface area contributed by atoms with Crippen LogP contribution in [0.15, 0.2) is 42.5 Å². The van der Waals surface area contributed by atoms with Gasteiger partial charge in [0, 0.05) is 12.1 Å². The molecule has 0 N–H and O–H groups in total. The molecular formula is C13H8BrNO2. The van der Waals surface area contributed by atoms with Gasteiger partial charge in [-0.2, -0.15) is 0 Å². The summed E-state index contributed by atoms with van der Waals surface area (Å²) >= 11 is 3.63. The number of hydrogen-bond donors (Lipinski definition) is 0. The third kappa shape index (κ3) is 1.48. The summed E-state index contributed by atoms with van der Waals surface area (Å²) in [5.41, 5.74) is 4.43. The minimum atomic E-state index is -0.357. The van der Waals surface area contributed by atoms with E-state index in [0.29, 0.717) is 0 Å². The highest BCUT2D eigenvalue weighted by atomic mass is 79.9. The SMILES string of the molecule is O=[N+]([O-])c1ccc2c(c1)-c1ccccc1[C@H]2Br. The summed E-state index contributed by atoms with van der Waals surface area (Å²) in [4.78, 5) is 10.6. The van der Waals surface area contributed by atoms with Crippen LogP contribution in [0, 0.1) is 10.1 Å². The standard InChI is InChI=1S/C13H8BrNO2/c14-13-10-4-2-1-3-9(10)12-7-8(15(16)17)5-6-11(12)13/h1-7,13H/t13-/m1/s1. The normalized spacial score (nSPS) is 16.4. The Labute approximate surface area is 106 Å². The van der Waals surface area contributed by atoms with Crippen molar-refractivity contribution in [1.29, 1.82) is 0 Å². The molecule has 2 aromatic carbocycles. The van der Waals surface area contributed by atoms with Crippen molar-refractivity contribution in [3.63, 3.8) is 0 Å². The molecule has 3 rings (SSSR count). The van der Waals surface area contributed by atoms with Crippen LogP contribution in [0.3, 0.4) is 0 Å². The Morgan fingerprint density at radius 2 is 1.76 bits per heavy atom. The number of hydrogen-bond acceptors (Lipinski definition) is 2. The van der Waals surface area contributed by atoms with Crippen molar-refractivity contribution in [3.8, 4) is 11.1 Å².